The number of amides is 1. The minimum absolute atomic E-state index is 0.118. The van der Waals surface area contributed by atoms with Crippen LogP contribution in [0, 0.1) is 5.92 Å². The molecule has 2 aromatic carbocycles. The maximum Gasteiger partial charge on any atom is 0.227 e. The van der Waals surface area contributed by atoms with Gasteiger partial charge in [0.15, 0.2) is 0 Å². The fraction of sp³-hybridized carbons (Fsp3) is 0.278. The van der Waals surface area contributed by atoms with E-state index in [1.807, 2.05) is 54.6 Å². The van der Waals surface area contributed by atoms with Crippen LogP contribution >= 0.6 is 0 Å². The van der Waals surface area contributed by atoms with Gasteiger partial charge in [0, 0.05) is 23.0 Å². The van der Waals surface area contributed by atoms with Crippen LogP contribution in [0.4, 0.5) is 17.1 Å². The highest BCUT2D eigenvalue weighted by molar-refractivity contribution is 5.93. The number of carbonyl (C=O) groups excluding carboxylic acids is 1. The average molecular weight is 295 g/mol. The van der Waals surface area contributed by atoms with Gasteiger partial charge in [0.25, 0.3) is 0 Å². The fourth-order valence-electron chi connectivity index (χ4n) is 2.69. The molecule has 0 bridgehead atoms. The molecule has 1 aliphatic heterocycles. The lowest BCUT2D eigenvalue weighted by Crippen LogP contribution is -2.34. The molecule has 114 valence electrons. The standard InChI is InChI=1S/C18H21N3O/c22-18(14-9-11-19-12-10-14)21-17-8-4-7-16(13-17)20-15-5-2-1-3-6-15/h1-8,13-14,19-20H,9-12H2,(H,21,22). The fourth-order valence-corrected chi connectivity index (χ4v) is 2.69. The molecule has 3 N–H and O–H groups in total. The summed E-state index contributed by atoms with van der Waals surface area (Å²) in [5.74, 6) is 0.241. The van der Waals surface area contributed by atoms with Gasteiger partial charge < -0.3 is 16.0 Å². The predicted molar refractivity (Wildman–Crippen MR) is 90.4 cm³/mol. The molecule has 1 heterocycles. The summed E-state index contributed by atoms with van der Waals surface area (Å²) in [6.45, 7) is 1.85. The highest BCUT2D eigenvalue weighted by Crippen LogP contribution is 2.21. The summed E-state index contributed by atoms with van der Waals surface area (Å²) in [6, 6.07) is 17.8. The van der Waals surface area contributed by atoms with Crippen LogP contribution in [-0.4, -0.2) is 19.0 Å². The third kappa shape index (κ3) is 3.86. The van der Waals surface area contributed by atoms with Crippen LogP contribution in [0.1, 0.15) is 12.8 Å². The van der Waals surface area contributed by atoms with Gasteiger partial charge in [-0.25, -0.2) is 0 Å². The Kier molecular flexibility index (Phi) is 4.71. The van der Waals surface area contributed by atoms with Crippen molar-refractivity contribution in [2.45, 2.75) is 12.8 Å². The maximum atomic E-state index is 12.3. The van der Waals surface area contributed by atoms with Gasteiger partial charge in [-0.15, -0.1) is 0 Å². The molecule has 1 fully saturated rings. The zero-order valence-electron chi connectivity index (χ0n) is 12.5. The Hall–Kier alpha value is -2.33. The normalized spacial score (nSPS) is 15.3. The second-order valence-corrected chi connectivity index (χ2v) is 5.59. The Labute approximate surface area is 130 Å². The van der Waals surface area contributed by atoms with Crippen LogP contribution < -0.4 is 16.0 Å². The van der Waals surface area contributed by atoms with E-state index in [4.69, 9.17) is 0 Å². The molecule has 0 aromatic heterocycles. The molecular weight excluding hydrogens is 274 g/mol. The Morgan fingerprint density at radius 2 is 1.59 bits per heavy atom. The van der Waals surface area contributed by atoms with E-state index < -0.39 is 0 Å². The third-order valence-corrected chi connectivity index (χ3v) is 3.90. The molecule has 0 radical (unpaired) electrons. The summed E-state index contributed by atoms with van der Waals surface area (Å²) in [4.78, 5) is 12.3. The Bertz CT molecular complexity index is 621. The van der Waals surface area contributed by atoms with Crippen molar-refractivity contribution in [2.75, 3.05) is 23.7 Å². The van der Waals surface area contributed by atoms with Gasteiger partial charge in [-0.2, -0.15) is 0 Å². The molecule has 3 rings (SSSR count). The summed E-state index contributed by atoms with van der Waals surface area (Å²) in [5, 5.41) is 9.65. The second-order valence-electron chi connectivity index (χ2n) is 5.59. The highest BCUT2D eigenvalue weighted by Gasteiger charge is 2.20. The largest absolute Gasteiger partial charge is 0.355 e. The number of anilines is 3. The lowest BCUT2D eigenvalue weighted by molar-refractivity contribution is -0.120. The van der Waals surface area contributed by atoms with Crippen molar-refractivity contribution in [1.29, 1.82) is 0 Å². The van der Waals surface area contributed by atoms with E-state index in [1.165, 1.54) is 0 Å². The average Bonchev–Trinajstić information content (AvgIpc) is 2.57. The van der Waals surface area contributed by atoms with Gasteiger partial charge >= 0.3 is 0 Å². The van der Waals surface area contributed by atoms with Gasteiger partial charge in [0.05, 0.1) is 0 Å². The first-order chi connectivity index (χ1) is 10.8. The molecule has 0 unspecified atom stereocenters. The molecule has 0 aliphatic carbocycles. The van der Waals surface area contributed by atoms with E-state index in [1.54, 1.807) is 0 Å². The summed E-state index contributed by atoms with van der Waals surface area (Å²) in [7, 11) is 0. The van der Waals surface area contributed by atoms with Crippen LogP contribution in [0.5, 0.6) is 0 Å². The van der Waals surface area contributed by atoms with E-state index in [0.717, 1.165) is 43.0 Å². The Morgan fingerprint density at radius 3 is 2.36 bits per heavy atom. The SMILES string of the molecule is O=C(Nc1cccc(Nc2ccccc2)c1)C1CCNCC1. The zero-order chi connectivity index (χ0) is 15.2. The van der Waals surface area contributed by atoms with Crippen molar-refractivity contribution >= 4 is 23.0 Å². The molecule has 0 saturated carbocycles. The van der Waals surface area contributed by atoms with Gasteiger partial charge in [0.2, 0.25) is 5.91 Å². The number of hydrogen-bond donors (Lipinski definition) is 3. The zero-order valence-corrected chi connectivity index (χ0v) is 12.5. The van der Waals surface area contributed by atoms with Crippen molar-refractivity contribution in [3.8, 4) is 0 Å². The molecule has 4 heteroatoms. The molecule has 1 amide bonds. The summed E-state index contributed by atoms with van der Waals surface area (Å²) in [5.41, 5.74) is 2.84. The number of piperidine rings is 1. The van der Waals surface area contributed by atoms with Crippen LogP contribution in [0.3, 0.4) is 0 Å². The van der Waals surface area contributed by atoms with Crippen LogP contribution in [0.25, 0.3) is 0 Å². The summed E-state index contributed by atoms with van der Waals surface area (Å²) < 4.78 is 0. The quantitative estimate of drug-likeness (QED) is 0.810. The number of carbonyl (C=O) groups is 1. The minimum atomic E-state index is 0.118. The number of nitrogens with one attached hydrogen (secondary N) is 3. The van der Waals surface area contributed by atoms with Crippen LogP contribution in [-0.2, 0) is 4.79 Å². The first kappa shape index (κ1) is 14.6. The summed E-state index contributed by atoms with van der Waals surface area (Å²) >= 11 is 0. The molecule has 2 aromatic rings. The van der Waals surface area contributed by atoms with Gasteiger partial charge in [-0.05, 0) is 56.3 Å². The monoisotopic (exact) mass is 295 g/mol. The highest BCUT2D eigenvalue weighted by atomic mass is 16.1. The Balaban J connectivity index is 1.64. The van der Waals surface area contributed by atoms with Gasteiger partial charge in [0.1, 0.15) is 0 Å². The van der Waals surface area contributed by atoms with E-state index in [2.05, 4.69) is 16.0 Å². The van der Waals surface area contributed by atoms with Gasteiger partial charge in [-0.3, -0.25) is 4.79 Å². The van der Waals surface area contributed by atoms with Crippen molar-refractivity contribution in [2.24, 2.45) is 5.92 Å². The minimum Gasteiger partial charge on any atom is -0.355 e. The van der Waals surface area contributed by atoms with Gasteiger partial charge in [-0.1, -0.05) is 24.3 Å². The van der Waals surface area contributed by atoms with Crippen molar-refractivity contribution in [3.63, 3.8) is 0 Å². The topological polar surface area (TPSA) is 53.2 Å². The molecule has 1 aliphatic rings. The van der Waals surface area contributed by atoms with E-state index >= 15 is 0 Å². The maximum absolute atomic E-state index is 12.3. The number of hydrogen-bond acceptors (Lipinski definition) is 3. The Morgan fingerprint density at radius 1 is 0.909 bits per heavy atom. The molecular formula is C18H21N3O. The van der Waals surface area contributed by atoms with Crippen LogP contribution in [0.15, 0.2) is 54.6 Å². The van der Waals surface area contributed by atoms with E-state index in [-0.39, 0.29) is 11.8 Å². The molecule has 0 atom stereocenters. The van der Waals surface area contributed by atoms with Crippen molar-refractivity contribution in [1.82, 2.24) is 5.32 Å². The predicted octanol–water partition coefficient (Wildman–Crippen LogP) is 3.37. The lowest BCUT2D eigenvalue weighted by Gasteiger charge is -2.21. The second kappa shape index (κ2) is 7.09. The smallest absolute Gasteiger partial charge is 0.227 e. The van der Waals surface area contributed by atoms with Crippen molar-refractivity contribution in [3.05, 3.63) is 54.6 Å². The third-order valence-electron chi connectivity index (χ3n) is 3.90. The molecule has 0 spiro atoms. The van der Waals surface area contributed by atoms with Crippen LogP contribution in [0.2, 0.25) is 0 Å². The summed E-state index contributed by atoms with van der Waals surface area (Å²) in [6.07, 6.45) is 1.82. The number of benzene rings is 2. The number of rotatable bonds is 4. The number of para-hydroxylation sites is 1. The van der Waals surface area contributed by atoms with E-state index in [9.17, 15) is 4.79 Å². The molecule has 4 nitrogen and oxygen atoms in total. The lowest BCUT2D eigenvalue weighted by atomic mass is 9.97. The molecule has 1 saturated heterocycles. The van der Waals surface area contributed by atoms with Crippen molar-refractivity contribution < 1.29 is 4.79 Å². The first-order valence-corrected chi connectivity index (χ1v) is 7.75. The molecule has 22 heavy (non-hydrogen) atoms. The first-order valence-electron chi connectivity index (χ1n) is 7.75. The van der Waals surface area contributed by atoms with E-state index in [0.29, 0.717) is 0 Å².